The van der Waals surface area contributed by atoms with Crippen molar-refractivity contribution >= 4 is 49.9 Å². The van der Waals surface area contributed by atoms with E-state index in [9.17, 15) is 27.2 Å². The number of ketones is 1. The van der Waals surface area contributed by atoms with Crippen molar-refractivity contribution < 1.29 is 36.7 Å². The van der Waals surface area contributed by atoms with Crippen molar-refractivity contribution in [1.82, 2.24) is 19.6 Å². The Balaban J connectivity index is 1.16. The lowest BCUT2D eigenvalue weighted by atomic mass is 9.90. The molecule has 5 atom stereocenters. The van der Waals surface area contributed by atoms with E-state index in [1.54, 1.807) is 36.3 Å². The fourth-order valence-corrected chi connectivity index (χ4v) is 11.1. The number of halogens is 1. The molecule has 3 aliphatic rings. The van der Waals surface area contributed by atoms with E-state index in [0.717, 1.165) is 47.3 Å². The van der Waals surface area contributed by atoms with E-state index in [2.05, 4.69) is 18.6 Å². The Hall–Kier alpha value is -5.47. The summed E-state index contributed by atoms with van der Waals surface area (Å²) in [4.78, 5) is 55.6. The molecule has 11 nitrogen and oxygen atoms in total. The molecule has 8 rings (SSSR count). The molecule has 2 aliphatic heterocycles. The van der Waals surface area contributed by atoms with Crippen LogP contribution in [0.4, 0.5) is 4.39 Å². The van der Waals surface area contributed by atoms with Crippen molar-refractivity contribution in [3.63, 3.8) is 0 Å². The lowest BCUT2D eigenvalue weighted by Crippen LogP contribution is -2.46. The number of aromatic nitrogens is 2. The first-order valence-corrected chi connectivity index (χ1v) is 24.1. The summed E-state index contributed by atoms with van der Waals surface area (Å²) < 4.78 is 56.2. The minimum absolute atomic E-state index is 0.0569. The minimum Gasteiger partial charge on any atom is -0.496 e. The number of hydrogen-bond acceptors (Lipinski definition) is 10. The largest absolute Gasteiger partial charge is 0.496 e. The summed E-state index contributed by atoms with van der Waals surface area (Å²) in [5.74, 6) is -1.23. The van der Waals surface area contributed by atoms with Crippen molar-refractivity contribution in [3.8, 4) is 22.2 Å². The highest BCUT2D eigenvalue weighted by Gasteiger charge is 2.61. The van der Waals surface area contributed by atoms with Gasteiger partial charge in [0, 0.05) is 41.2 Å². The molecule has 0 radical (unpaired) electrons. The minimum atomic E-state index is -4.23. The molecule has 0 spiro atoms. The maximum Gasteiger partial charge on any atom is 0.264 e. The van der Waals surface area contributed by atoms with Gasteiger partial charge in [-0.3, -0.25) is 14.4 Å². The summed E-state index contributed by atoms with van der Waals surface area (Å²) in [6.07, 6.45) is 7.48. The summed E-state index contributed by atoms with van der Waals surface area (Å²) >= 11 is 1.49. The number of benzene rings is 3. The Kier molecular flexibility index (Phi) is 12.8. The van der Waals surface area contributed by atoms with Crippen LogP contribution in [0.5, 0.6) is 11.5 Å². The van der Waals surface area contributed by atoms with Crippen molar-refractivity contribution in [2.45, 2.75) is 102 Å². The second-order valence-electron chi connectivity index (χ2n) is 17.5. The zero-order valence-corrected chi connectivity index (χ0v) is 37.6. The number of ether oxygens (including phenoxy) is 2. The van der Waals surface area contributed by atoms with Gasteiger partial charge in [0.25, 0.3) is 10.0 Å². The number of carbonyl (C=O) groups excluding carboxylic acids is 3. The van der Waals surface area contributed by atoms with Crippen LogP contribution in [0.2, 0.25) is 0 Å². The SMILES string of the molecule is COc1ccc2c(O[C@@H]3C[C@H]4C(=O)C[C@]5(C(=O)NS(=O)(=O)c6ccccc6)C[C@@H]5/C=C\CCCCC[C@H](Cc5cccc(F)c5)C(=O)N4C3)cc(-c3nc(C(C)C)cs3)nc2c1C. The fraction of sp³-hybridized carbons (Fsp3) is 0.408. The molecule has 5 aromatic rings. The second-order valence-corrected chi connectivity index (χ2v) is 20.0. The Morgan fingerprint density at radius 1 is 1.02 bits per heavy atom. The number of allylic oxidation sites excluding steroid dienone is 2. The normalized spacial score (nSPS) is 23.7. The van der Waals surface area contributed by atoms with Crippen molar-refractivity contribution in [3.05, 3.63) is 113 Å². The van der Waals surface area contributed by atoms with Gasteiger partial charge in [0.1, 0.15) is 34.1 Å². The molecule has 1 N–H and O–H groups in total. The Labute approximate surface area is 372 Å². The number of sulfonamides is 1. The summed E-state index contributed by atoms with van der Waals surface area (Å²) in [7, 11) is -2.62. The number of aryl methyl sites for hydroxylation is 1. The molecular weight excluding hydrogens is 840 g/mol. The topological polar surface area (TPSA) is 145 Å². The Bertz CT molecular complexity index is 2670. The van der Waals surface area contributed by atoms with Gasteiger partial charge in [-0.25, -0.2) is 27.5 Å². The van der Waals surface area contributed by atoms with Crippen molar-refractivity contribution in [1.29, 1.82) is 0 Å². The Morgan fingerprint density at radius 2 is 1.83 bits per heavy atom. The quantitative estimate of drug-likeness (QED) is 0.136. The second kappa shape index (κ2) is 18.3. The third-order valence-electron chi connectivity index (χ3n) is 12.8. The van der Waals surface area contributed by atoms with E-state index < -0.39 is 45.2 Å². The predicted molar refractivity (Wildman–Crippen MR) is 241 cm³/mol. The molecule has 3 aromatic carbocycles. The molecule has 330 valence electrons. The van der Waals surface area contributed by atoms with E-state index >= 15 is 0 Å². The third-order valence-corrected chi connectivity index (χ3v) is 15.0. The predicted octanol–water partition coefficient (Wildman–Crippen LogP) is 9.14. The van der Waals surface area contributed by atoms with Gasteiger partial charge in [0.15, 0.2) is 5.78 Å². The highest BCUT2D eigenvalue weighted by molar-refractivity contribution is 7.90. The van der Waals surface area contributed by atoms with E-state index in [-0.39, 0.29) is 60.6 Å². The molecule has 2 amide bonds. The standard InChI is InChI=1S/C49H53FN4O7S2/c1-30(2)40-29-62-46(52-40)39-25-44(38-20-21-43(60-4)31(3)45(38)51-39)61-36-24-41-42(55)27-49(48(57)53-63(58,59)37-18-11-8-12-19-37)26-34(49)16-10-7-5-6-9-15-33(47(56)54(41)28-36)22-32-14-13-17-35(50)23-32/h8,10-14,16-21,23,25,29-30,33-34,36,41H,5-7,9,15,22,24,26-28H2,1-4H3,(H,53,57)/b16-10-/t33-,34+,36-,41+,49-/m1/s1. The zero-order chi connectivity index (χ0) is 44.5. The summed E-state index contributed by atoms with van der Waals surface area (Å²) in [6.45, 7) is 6.19. The van der Waals surface area contributed by atoms with E-state index in [4.69, 9.17) is 19.4 Å². The average molecular weight is 893 g/mol. The zero-order valence-electron chi connectivity index (χ0n) is 36.0. The maximum atomic E-state index is 15.0. The lowest BCUT2D eigenvalue weighted by Gasteiger charge is -2.29. The number of Topliss-reactive ketones (excluding diaryl/α,β-unsaturated/α-hetero) is 1. The molecule has 63 heavy (non-hydrogen) atoms. The molecule has 0 bridgehead atoms. The van der Waals surface area contributed by atoms with Crippen LogP contribution in [0.25, 0.3) is 21.6 Å². The molecule has 2 aromatic heterocycles. The number of methoxy groups -OCH3 is 1. The lowest BCUT2D eigenvalue weighted by molar-refractivity contribution is -0.142. The number of nitrogens with zero attached hydrogens (tertiary/aromatic N) is 3. The molecule has 14 heteroatoms. The van der Waals surface area contributed by atoms with Crippen molar-refractivity contribution in [2.24, 2.45) is 17.3 Å². The first-order valence-electron chi connectivity index (χ1n) is 21.7. The van der Waals surface area contributed by atoms with Gasteiger partial charge >= 0.3 is 0 Å². The van der Waals surface area contributed by atoms with E-state index in [1.165, 1.54) is 35.6 Å². The number of pyridine rings is 1. The number of thiazole rings is 1. The first kappa shape index (κ1) is 44.1. The van der Waals surface area contributed by atoms with Crippen LogP contribution in [-0.2, 0) is 30.8 Å². The van der Waals surface area contributed by atoms with Gasteiger partial charge in [-0.2, -0.15) is 0 Å². The number of hydrogen-bond donors (Lipinski definition) is 1. The number of rotatable bonds is 10. The molecule has 1 saturated heterocycles. The Morgan fingerprint density at radius 3 is 2.57 bits per heavy atom. The summed E-state index contributed by atoms with van der Waals surface area (Å²) in [5, 5.41) is 3.48. The van der Waals surface area contributed by atoms with E-state index in [0.29, 0.717) is 34.7 Å². The van der Waals surface area contributed by atoms with Crippen LogP contribution < -0.4 is 14.2 Å². The number of fused-ring (bicyclic) bond motifs is 3. The van der Waals surface area contributed by atoms with Crippen molar-refractivity contribution in [2.75, 3.05) is 13.7 Å². The van der Waals surface area contributed by atoms with Crippen LogP contribution in [-0.4, -0.2) is 66.7 Å². The molecule has 2 fully saturated rings. The molecule has 1 aliphatic carbocycles. The molecular formula is C49H53FN4O7S2. The number of nitrogens with one attached hydrogen (secondary N) is 1. The van der Waals surface area contributed by atoms with Crippen LogP contribution in [0.15, 0.2) is 95.2 Å². The van der Waals surface area contributed by atoms with E-state index in [1.807, 2.05) is 48.7 Å². The number of amides is 2. The molecule has 0 unspecified atom stereocenters. The van der Waals surface area contributed by atoms with Gasteiger partial charge in [0.05, 0.1) is 41.2 Å². The van der Waals surface area contributed by atoms with Gasteiger partial charge in [-0.1, -0.05) is 69.2 Å². The summed E-state index contributed by atoms with van der Waals surface area (Å²) in [5.41, 5.74) is 2.42. The fourth-order valence-electron chi connectivity index (χ4n) is 9.11. The average Bonchev–Trinajstić information content (AvgIpc) is 3.54. The highest BCUT2D eigenvalue weighted by atomic mass is 32.2. The van der Waals surface area contributed by atoms with Gasteiger partial charge in [-0.15, -0.1) is 11.3 Å². The third kappa shape index (κ3) is 9.43. The van der Waals surface area contributed by atoms with Crippen LogP contribution in [0.3, 0.4) is 0 Å². The highest BCUT2D eigenvalue weighted by Crippen LogP contribution is 2.57. The maximum absolute atomic E-state index is 15.0. The smallest absolute Gasteiger partial charge is 0.264 e. The van der Waals surface area contributed by atoms with Crippen LogP contribution >= 0.6 is 11.3 Å². The van der Waals surface area contributed by atoms with Gasteiger partial charge in [0.2, 0.25) is 11.8 Å². The monoisotopic (exact) mass is 892 g/mol. The summed E-state index contributed by atoms with van der Waals surface area (Å²) in [6, 6.07) is 18.6. The van der Waals surface area contributed by atoms with Crippen LogP contribution in [0.1, 0.15) is 88.0 Å². The molecule has 1 saturated carbocycles. The molecule has 4 heterocycles. The van der Waals surface area contributed by atoms with Gasteiger partial charge in [-0.05, 0) is 92.8 Å². The number of carbonyl (C=O) groups is 3. The van der Waals surface area contributed by atoms with Gasteiger partial charge < -0.3 is 14.4 Å². The van der Waals surface area contributed by atoms with Crippen LogP contribution in [0, 0.1) is 30.0 Å². The first-order chi connectivity index (χ1) is 30.3.